The van der Waals surface area contributed by atoms with Crippen LogP contribution in [0.25, 0.3) is 0 Å². The van der Waals surface area contributed by atoms with Crippen molar-refractivity contribution in [2.24, 2.45) is 10.00 Å². The molecule has 0 heterocycles. The lowest BCUT2D eigenvalue weighted by Gasteiger charge is -1.99. The van der Waals surface area contributed by atoms with Gasteiger partial charge in [0.2, 0.25) is 0 Å². The van der Waals surface area contributed by atoms with Crippen LogP contribution in [-0.4, -0.2) is 12.0 Å². The Bertz CT molecular complexity index is 392. The Morgan fingerprint density at radius 1 is 1.50 bits per heavy atom. The van der Waals surface area contributed by atoms with Crippen LogP contribution in [0.15, 0.2) is 34.3 Å². The summed E-state index contributed by atoms with van der Waals surface area (Å²) in [5.41, 5.74) is 1.53. The molecule has 0 fully saturated rings. The molecule has 5 nitrogen and oxygen atoms in total. The zero-order valence-electron chi connectivity index (χ0n) is 7.91. The molecule has 76 valence electrons. The highest BCUT2D eigenvalue weighted by Crippen LogP contribution is 2.43. The fraction of sp³-hybridized carbons (Fsp3) is 0.250. The van der Waals surface area contributed by atoms with Crippen LogP contribution < -0.4 is 0 Å². The van der Waals surface area contributed by atoms with Crippen molar-refractivity contribution in [3.05, 3.63) is 29.8 Å². The zero-order chi connectivity index (χ0) is 10.6. The van der Waals surface area contributed by atoms with Gasteiger partial charge in [-0.1, -0.05) is 17.0 Å². The van der Waals surface area contributed by atoms with Gasteiger partial charge in [0.25, 0.3) is 0 Å². The zero-order valence-corrected chi connectivity index (χ0v) is 8.81. The molecule has 14 heavy (non-hydrogen) atoms. The summed E-state index contributed by atoms with van der Waals surface area (Å²) >= 11 is 0. The van der Waals surface area contributed by atoms with Crippen molar-refractivity contribution in [2.75, 3.05) is 7.11 Å². The van der Waals surface area contributed by atoms with Crippen molar-refractivity contribution in [3.8, 4) is 0 Å². The van der Waals surface area contributed by atoms with Crippen LogP contribution in [-0.2, 0) is 9.09 Å². The maximum Gasteiger partial charge on any atom is 0.469 e. The van der Waals surface area contributed by atoms with Gasteiger partial charge in [0.15, 0.2) is 0 Å². The first-order valence-electron chi connectivity index (χ1n) is 3.92. The molecule has 1 aromatic rings. The topological polar surface area (TPSA) is 71.2 Å². The standard InChI is InChI=1S/C8H11N2O3P/c1-7-4-3-5-8(6-7)9-10-14(11,12)13-2/h3-6H,1-2H3,(H,11,12). The molecule has 0 saturated heterocycles. The second-order valence-corrected chi connectivity index (χ2v) is 4.23. The minimum absolute atomic E-state index is 0.524. The van der Waals surface area contributed by atoms with Gasteiger partial charge in [-0.3, -0.25) is 4.52 Å². The van der Waals surface area contributed by atoms with Gasteiger partial charge in [0.1, 0.15) is 0 Å². The van der Waals surface area contributed by atoms with Gasteiger partial charge in [0.05, 0.1) is 5.69 Å². The molecule has 0 amide bonds. The lowest BCUT2D eigenvalue weighted by molar-refractivity contribution is 0.315. The van der Waals surface area contributed by atoms with Crippen molar-refractivity contribution in [2.45, 2.75) is 6.92 Å². The van der Waals surface area contributed by atoms with Crippen LogP contribution in [0, 0.1) is 6.92 Å². The van der Waals surface area contributed by atoms with E-state index in [9.17, 15) is 4.57 Å². The molecule has 1 rings (SSSR count). The highest BCUT2D eigenvalue weighted by Gasteiger charge is 2.14. The third kappa shape index (κ3) is 3.38. The molecule has 0 spiro atoms. The minimum atomic E-state index is -3.90. The molecule has 1 N–H and O–H groups in total. The fourth-order valence-corrected chi connectivity index (χ4v) is 1.12. The summed E-state index contributed by atoms with van der Waals surface area (Å²) < 4.78 is 15.2. The summed E-state index contributed by atoms with van der Waals surface area (Å²) in [6, 6.07) is 7.12. The Hall–Kier alpha value is -1.03. The molecular weight excluding hydrogens is 203 g/mol. The van der Waals surface area contributed by atoms with Crippen molar-refractivity contribution >= 4 is 13.4 Å². The van der Waals surface area contributed by atoms with Gasteiger partial charge in [-0.25, -0.2) is 4.57 Å². The molecule has 0 bridgehead atoms. The first-order chi connectivity index (χ1) is 6.53. The van der Waals surface area contributed by atoms with Gasteiger partial charge < -0.3 is 4.89 Å². The number of hydrogen-bond acceptors (Lipinski definition) is 3. The van der Waals surface area contributed by atoms with Gasteiger partial charge in [0, 0.05) is 7.11 Å². The number of benzene rings is 1. The molecule has 0 aromatic heterocycles. The molecule has 6 heteroatoms. The minimum Gasteiger partial charge on any atom is -0.306 e. The Kier molecular flexibility index (Phi) is 3.52. The molecule has 0 aliphatic heterocycles. The van der Waals surface area contributed by atoms with E-state index in [2.05, 4.69) is 14.5 Å². The Balaban J connectivity index is 2.84. The molecular formula is C8H11N2O3P. The maximum absolute atomic E-state index is 10.9. The first-order valence-corrected chi connectivity index (χ1v) is 5.45. The molecule has 1 atom stereocenters. The van der Waals surface area contributed by atoms with Crippen LogP contribution in [0.1, 0.15) is 5.56 Å². The van der Waals surface area contributed by atoms with Crippen LogP contribution in [0.4, 0.5) is 5.69 Å². The summed E-state index contributed by atoms with van der Waals surface area (Å²) in [6.07, 6.45) is 0. The fourth-order valence-electron chi connectivity index (χ4n) is 0.835. The van der Waals surface area contributed by atoms with E-state index in [4.69, 9.17) is 4.89 Å². The molecule has 0 aliphatic carbocycles. The van der Waals surface area contributed by atoms with E-state index >= 15 is 0 Å². The van der Waals surface area contributed by atoms with Crippen LogP contribution in [0.2, 0.25) is 0 Å². The normalized spacial score (nSPS) is 15.6. The third-order valence-electron chi connectivity index (χ3n) is 1.51. The van der Waals surface area contributed by atoms with Crippen molar-refractivity contribution in [1.82, 2.24) is 0 Å². The van der Waals surface area contributed by atoms with Crippen molar-refractivity contribution in [1.29, 1.82) is 0 Å². The average molecular weight is 214 g/mol. The number of rotatable bonds is 3. The molecule has 0 aliphatic rings. The second kappa shape index (κ2) is 4.46. The monoisotopic (exact) mass is 214 g/mol. The highest BCUT2D eigenvalue weighted by atomic mass is 31.2. The van der Waals surface area contributed by atoms with Crippen LogP contribution in [0.5, 0.6) is 0 Å². The second-order valence-electron chi connectivity index (χ2n) is 2.70. The van der Waals surface area contributed by atoms with Crippen LogP contribution in [0.3, 0.4) is 0 Å². The van der Waals surface area contributed by atoms with E-state index in [1.54, 1.807) is 18.2 Å². The quantitative estimate of drug-likeness (QED) is 0.621. The van der Waals surface area contributed by atoms with Gasteiger partial charge in [-0.05, 0) is 24.6 Å². The number of aryl methyl sites for hydroxylation is 1. The predicted octanol–water partition coefficient (Wildman–Crippen LogP) is 2.83. The Morgan fingerprint density at radius 2 is 2.21 bits per heavy atom. The molecule has 1 aromatic carbocycles. The average Bonchev–Trinajstić information content (AvgIpc) is 2.15. The summed E-state index contributed by atoms with van der Waals surface area (Å²) in [4.78, 5) is 12.1. The highest BCUT2D eigenvalue weighted by molar-refractivity contribution is 7.51. The van der Waals surface area contributed by atoms with E-state index in [1.165, 1.54) is 0 Å². The summed E-state index contributed by atoms with van der Waals surface area (Å²) in [5, 5.41) is 3.60. The molecule has 0 saturated carbocycles. The van der Waals surface area contributed by atoms with Gasteiger partial charge in [-0.15, -0.1) is 5.11 Å². The van der Waals surface area contributed by atoms with Crippen molar-refractivity contribution in [3.63, 3.8) is 0 Å². The first kappa shape index (κ1) is 11.0. The molecule has 1 unspecified atom stereocenters. The van der Waals surface area contributed by atoms with E-state index in [-0.39, 0.29) is 0 Å². The smallest absolute Gasteiger partial charge is 0.306 e. The van der Waals surface area contributed by atoms with E-state index < -0.39 is 7.75 Å². The SMILES string of the molecule is COP(=O)(O)N=Nc1cccc(C)c1. The van der Waals surface area contributed by atoms with Gasteiger partial charge in [-0.2, -0.15) is 0 Å². The number of hydrogen-bond donors (Lipinski definition) is 1. The summed E-state index contributed by atoms with van der Waals surface area (Å²) in [7, 11) is -2.79. The number of nitrogens with zero attached hydrogens (tertiary/aromatic N) is 2. The molecule has 0 radical (unpaired) electrons. The van der Waals surface area contributed by atoms with E-state index in [1.807, 2.05) is 13.0 Å². The summed E-state index contributed by atoms with van der Waals surface area (Å²) in [5.74, 6) is 0. The Labute approximate surface area is 82.0 Å². The summed E-state index contributed by atoms with van der Waals surface area (Å²) in [6.45, 7) is 1.90. The largest absolute Gasteiger partial charge is 0.469 e. The third-order valence-corrected chi connectivity index (χ3v) is 2.30. The van der Waals surface area contributed by atoms with E-state index in [0.717, 1.165) is 12.7 Å². The maximum atomic E-state index is 10.9. The van der Waals surface area contributed by atoms with E-state index in [0.29, 0.717) is 5.69 Å². The van der Waals surface area contributed by atoms with Crippen LogP contribution >= 0.6 is 7.75 Å². The lowest BCUT2D eigenvalue weighted by Crippen LogP contribution is -1.76. The van der Waals surface area contributed by atoms with Crippen molar-refractivity contribution < 1.29 is 14.0 Å². The lowest BCUT2D eigenvalue weighted by atomic mass is 10.2. The predicted molar refractivity (Wildman–Crippen MR) is 52.5 cm³/mol. The Morgan fingerprint density at radius 3 is 2.79 bits per heavy atom. The van der Waals surface area contributed by atoms with Gasteiger partial charge >= 0.3 is 7.75 Å².